The van der Waals surface area contributed by atoms with Crippen molar-refractivity contribution in [3.63, 3.8) is 0 Å². The molecule has 0 saturated carbocycles. The Kier molecular flexibility index (Phi) is 4.39. The minimum absolute atomic E-state index is 0.375. The lowest BCUT2D eigenvalue weighted by molar-refractivity contribution is 0.0734. The van der Waals surface area contributed by atoms with Crippen molar-refractivity contribution in [2.75, 3.05) is 0 Å². The fourth-order valence-electron chi connectivity index (χ4n) is 2.24. The van der Waals surface area contributed by atoms with E-state index in [1.54, 1.807) is 24.3 Å². The maximum absolute atomic E-state index is 12.1. The normalized spacial score (nSPS) is 10.2. The Morgan fingerprint density at radius 1 is 1.19 bits per heavy atom. The first-order chi connectivity index (χ1) is 10.0. The Labute approximate surface area is 124 Å². The predicted octanol–water partition coefficient (Wildman–Crippen LogP) is 4.21. The van der Waals surface area contributed by atoms with E-state index < -0.39 is 5.97 Å². The summed E-state index contributed by atoms with van der Waals surface area (Å²) in [6.07, 6.45) is 0. The number of nitrogens with zero attached hydrogens (tertiary/aromatic N) is 1. The van der Waals surface area contributed by atoms with Gasteiger partial charge in [-0.3, -0.25) is 0 Å². The smallest absolute Gasteiger partial charge is 0.343 e. The van der Waals surface area contributed by atoms with E-state index in [-0.39, 0.29) is 0 Å². The highest BCUT2D eigenvalue weighted by molar-refractivity contribution is 5.91. The van der Waals surface area contributed by atoms with Crippen molar-refractivity contribution in [2.45, 2.75) is 26.7 Å². The monoisotopic (exact) mass is 279 g/mol. The van der Waals surface area contributed by atoms with Gasteiger partial charge in [-0.1, -0.05) is 26.0 Å². The van der Waals surface area contributed by atoms with Crippen molar-refractivity contribution in [1.29, 1.82) is 5.26 Å². The summed E-state index contributed by atoms with van der Waals surface area (Å²) in [5, 5.41) is 8.85. The molecule has 0 atom stereocenters. The highest BCUT2D eigenvalue weighted by Crippen LogP contribution is 2.24. The molecule has 0 amide bonds. The number of hydrogen-bond acceptors (Lipinski definition) is 3. The van der Waals surface area contributed by atoms with E-state index in [2.05, 4.69) is 13.8 Å². The summed E-state index contributed by atoms with van der Waals surface area (Å²) in [6.45, 7) is 6.26. The largest absolute Gasteiger partial charge is 0.423 e. The fourth-order valence-corrected chi connectivity index (χ4v) is 2.24. The molecule has 0 radical (unpaired) electrons. The quantitative estimate of drug-likeness (QED) is 0.624. The van der Waals surface area contributed by atoms with Gasteiger partial charge in [0.05, 0.1) is 17.2 Å². The van der Waals surface area contributed by atoms with Crippen LogP contribution < -0.4 is 4.74 Å². The minimum Gasteiger partial charge on any atom is -0.423 e. The summed E-state index contributed by atoms with van der Waals surface area (Å²) >= 11 is 0. The molecule has 2 rings (SSSR count). The lowest BCUT2D eigenvalue weighted by Gasteiger charge is -2.11. The van der Waals surface area contributed by atoms with Gasteiger partial charge in [0.25, 0.3) is 0 Å². The Morgan fingerprint density at radius 2 is 1.95 bits per heavy atom. The lowest BCUT2D eigenvalue weighted by atomic mass is 9.98. The van der Waals surface area contributed by atoms with E-state index >= 15 is 0 Å². The van der Waals surface area contributed by atoms with Crippen LogP contribution in [-0.2, 0) is 0 Å². The summed E-state index contributed by atoms with van der Waals surface area (Å²) in [6, 6.07) is 14.1. The van der Waals surface area contributed by atoms with Crippen LogP contribution in [0.1, 0.15) is 46.8 Å². The molecule has 0 saturated heterocycles. The van der Waals surface area contributed by atoms with E-state index in [1.807, 2.05) is 25.1 Å². The molecular formula is C18H17NO2. The molecule has 21 heavy (non-hydrogen) atoms. The first kappa shape index (κ1) is 14.8. The molecule has 0 heterocycles. The second-order valence-electron chi connectivity index (χ2n) is 5.26. The van der Waals surface area contributed by atoms with E-state index in [9.17, 15) is 4.79 Å². The fraction of sp³-hybridized carbons (Fsp3) is 0.222. The van der Waals surface area contributed by atoms with Gasteiger partial charge < -0.3 is 4.74 Å². The van der Waals surface area contributed by atoms with E-state index in [0.717, 1.165) is 5.56 Å². The maximum Gasteiger partial charge on any atom is 0.343 e. The van der Waals surface area contributed by atoms with Crippen LogP contribution >= 0.6 is 0 Å². The van der Waals surface area contributed by atoms with Crippen molar-refractivity contribution in [3.8, 4) is 11.8 Å². The Balaban J connectivity index is 2.20. The summed E-state index contributed by atoms with van der Waals surface area (Å²) in [4.78, 5) is 12.1. The third kappa shape index (κ3) is 3.49. The molecule has 2 aromatic rings. The third-order valence-corrected chi connectivity index (χ3v) is 3.30. The Hall–Kier alpha value is -2.60. The van der Waals surface area contributed by atoms with Gasteiger partial charge in [0.1, 0.15) is 5.75 Å². The summed E-state index contributed by atoms with van der Waals surface area (Å²) in [5.74, 6) is 0.495. The van der Waals surface area contributed by atoms with Gasteiger partial charge in [-0.25, -0.2) is 4.79 Å². The SMILES string of the molecule is Cc1cc(OC(=O)c2cccc(C#N)c2)ccc1C(C)C. The van der Waals surface area contributed by atoms with Crippen LogP contribution in [0.25, 0.3) is 0 Å². The molecule has 0 fully saturated rings. The zero-order valence-electron chi connectivity index (χ0n) is 12.4. The van der Waals surface area contributed by atoms with E-state index in [4.69, 9.17) is 10.00 Å². The molecule has 3 nitrogen and oxygen atoms in total. The molecular weight excluding hydrogens is 262 g/mol. The highest BCUT2D eigenvalue weighted by atomic mass is 16.5. The number of aryl methyl sites for hydroxylation is 1. The predicted molar refractivity (Wildman–Crippen MR) is 81.4 cm³/mol. The average Bonchev–Trinajstić information content (AvgIpc) is 2.47. The van der Waals surface area contributed by atoms with Crippen molar-refractivity contribution in [2.24, 2.45) is 0 Å². The summed E-state index contributed by atoms with van der Waals surface area (Å²) < 4.78 is 5.37. The molecule has 2 aromatic carbocycles. The number of ether oxygens (including phenoxy) is 1. The average molecular weight is 279 g/mol. The molecule has 0 bridgehead atoms. The number of hydrogen-bond donors (Lipinski definition) is 0. The zero-order valence-corrected chi connectivity index (χ0v) is 12.4. The van der Waals surface area contributed by atoms with Gasteiger partial charge in [0, 0.05) is 0 Å². The van der Waals surface area contributed by atoms with Gasteiger partial charge >= 0.3 is 5.97 Å². The first-order valence-electron chi connectivity index (χ1n) is 6.84. The van der Waals surface area contributed by atoms with Crippen LogP contribution in [0.2, 0.25) is 0 Å². The highest BCUT2D eigenvalue weighted by Gasteiger charge is 2.11. The van der Waals surface area contributed by atoms with Crippen molar-refractivity contribution in [3.05, 3.63) is 64.7 Å². The molecule has 0 N–H and O–H groups in total. The number of carbonyl (C=O) groups is 1. The van der Waals surface area contributed by atoms with Crippen molar-refractivity contribution < 1.29 is 9.53 Å². The summed E-state index contributed by atoms with van der Waals surface area (Å²) in [5.41, 5.74) is 3.15. The summed E-state index contributed by atoms with van der Waals surface area (Å²) in [7, 11) is 0. The maximum atomic E-state index is 12.1. The third-order valence-electron chi connectivity index (χ3n) is 3.30. The second-order valence-corrected chi connectivity index (χ2v) is 5.26. The van der Waals surface area contributed by atoms with Gasteiger partial charge in [-0.15, -0.1) is 0 Å². The van der Waals surface area contributed by atoms with E-state index in [1.165, 1.54) is 11.6 Å². The first-order valence-corrected chi connectivity index (χ1v) is 6.84. The number of benzene rings is 2. The van der Waals surface area contributed by atoms with Crippen molar-refractivity contribution >= 4 is 5.97 Å². The molecule has 106 valence electrons. The molecule has 0 aliphatic carbocycles. The van der Waals surface area contributed by atoms with Gasteiger partial charge in [-0.2, -0.15) is 5.26 Å². The van der Waals surface area contributed by atoms with Crippen LogP contribution in [0.4, 0.5) is 0 Å². The van der Waals surface area contributed by atoms with Gasteiger partial charge in [0.2, 0.25) is 0 Å². The standard InChI is InChI=1S/C18H17NO2/c1-12(2)17-8-7-16(9-13(17)3)21-18(20)15-6-4-5-14(10-15)11-19/h4-10,12H,1-3H3. The van der Waals surface area contributed by atoms with Crippen LogP contribution in [0.3, 0.4) is 0 Å². The second kappa shape index (κ2) is 6.23. The van der Waals surface area contributed by atoms with Crippen molar-refractivity contribution in [1.82, 2.24) is 0 Å². The Morgan fingerprint density at radius 3 is 2.57 bits per heavy atom. The van der Waals surface area contributed by atoms with E-state index in [0.29, 0.717) is 22.8 Å². The lowest BCUT2D eigenvalue weighted by Crippen LogP contribution is -2.09. The van der Waals surface area contributed by atoms with Crippen LogP contribution in [0.5, 0.6) is 5.75 Å². The number of carbonyl (C=O) groups excluding carboxylic acids is 1. The van der Waals surface area contributed by atoms with Crippen LogP contribution in [0, 0.1) is 18.3 Å². The number of rotatable bonds is 3. The van der Waals surface area contributed by atoms with Crippen LogP contribution in [-0.4, -0.2) is 5.97 Å². The molecule has 0 spiro atoms. The Bertz CT molecular complexity index is 711. The molecule has 0 aromatic heterocycles. The topological polar surface area (TPSA) is 50.1 Å². The zero-order chi connectivity index (χ0) is 15.4. The molecule has 0 unspecified atom stereocenters. The molecule has 0 aliphatic heterocycles. The van der Waals surface area contributed by atoms with Gasteiger partial charge in [-0.05, 0) is 54.3 Å². The molecule has 0 aliphatic rings. The van der Waals surface area contributed by atoms with Gasteiger partial charge in [0.15, 0.2) is 0 Å². The number of esters is 1. The van der Waals surface area contributed by atoms with Crippen LogP contribution in [0.15, 0.2) is 42.5 Å². The minimum atomic E-state index is -0.455. The molecule has 3 heteroatoms. The number of nitriles is 1.